The number of rotatable bonds is 4. The summed E-state index contributed by atoms with van der Waals surface area (Å²) in [4.78, 5) is 0. The van der Waals surface area contributed by atoms with E-state index in [4.69, 9.17) is 5.11 Å². The van der Waals surface area contributed by atoms with Crippen LogP contribution in [0, 0.1) is 0 Å². The normalized spacial score (nSPS) is 10.8. The van der Waals surface area contributed by atoms with Crippen LogP contribution in [0.3, 0.4) is 0 Å². The smallest absolute Gasteiger partial charge is 0.0431 e. The lowest BCUT2D eigenvalue weighted by atomic mass is 10.2. The van der Waals surface area contributed by atoms with E-state index in [1.165, 1.54) is 0 Å². The van der Waals surface area contributed by atoms with Crippen LogP contribution in [-0.4, -0.2) is 11.7 Å². The van der Waals surface area contributed by atoms with E-state index in [1.807, 2.05) is 4.08 Å². The molecule has 0 aromatic carbocycles. The fourth-order valence-electron chi connectivity index (χ4n) is 0.437. The van der Waals surface area contributed by atoms with Gasteiger partial charge < -0.3 is 5.11 Å². The van der Waals surface area contributed by atoms with Crippen molar-refractivity contribution in [3.05, 3.63) is 10.2 Å². The summed E-state index contributed by atoms with van der Waals surface area (Å²) in [5.41, 5.74) is 0. The first-order valence-electron chi connectivity index (χ1n) is 2.78. The van der Waals surface area contributed by atoms with Crippen LogP contribution in [0.2, 0.25) is 0 Å². The molecule has 0 spiro atoms. The van der Waals surface area contributed by atoms with E-state index in [9.17, 15) is 0 Å². The van der Waals surface area contributed by atoms with Crippen molar-refractivity contribution in [1.29, 1.82) is 0 Å². The summed E-state index contributed by atoms with van der Waals surface area (Å²) >= 11 is 2.20. The molecular formula is C6H11IO. The van der Waals surface area contributed by atoms with Crippen molar-refractivity contribution in [1.82, 2.24) is 0 Å². The lowest BCUT2D eigenvalue weighted by Crippen LogP contribution is -1.79. The lowest BCUT2D eigenvalue weighted by Gasteiger charge is -1.88. The molecule has 0 saturated carbocycles. The fraction of sp³-hybridized carbons (Fsp3) is 0.667. The van der Waals surface area contributed by atoms with Gasteiger partial charge in [-0.25, -0.2) is 0 Å². The second kappa shape index (κ2) is 7.43. The highest BCUT2D eigenvalue weighted by molar-refractivity contribution is 14.1. The molecule has 0 unspecified atom stereocenters. The van der Waals surface area contributed by atoms with E-state index in [1.54, 1.807) is 0 Å². The van der Waals surface area contributed by atoms with Gasteiger partial charge in [0.15, 0.2) is 0 Å². The van der Waals surface area contributed by atoms with E-state index in [-0.39, 0.29) is 0 Å². The minimum Gasteiger partial charge on any atom is -0.396 e. The Morgan fingerprint density at radius 2 is 2.12 bits per heavy atom. The maximum Gasteiger partial charge on any atom is 0.0431 e. The van der Waals surface area contributed by atoms with E-state index in [2.05, 4.69) is 28.7 Å². The lowest BCUT2D eigenvalue weighted by molar-refractivity contribution is 0.285. The minimum atomic E-state index is 0.328. The first kappa shape index (κ1) is 8.43. The Labute approximate surface area is 63.9 Å². The van der Waals surface area contributed by atoms with Crippen molar-refractivity contribution >= 4 is 22.6 Å². The molecule has 0 aromatic rings. The Balaban J connectivity index is 2.72. The third-order valence-corrected chi connectivity index (χ3v) is 1.38. The van der Waals surface area contributed by atoms with E-state index in [0.717, 1.165) is 19.3 Å². The molecule has 0 rings (SSSR count). The van der Waals surface area contributed by atoms with Gasteiger partial charge in [0, 0.05) is 6.61 Å². The van der Waals surface area contributed by atoms with Crippen molar-refractivity contribution < 1.29 is 5.11 Å². The van der Waals surface area contributed by atoms with E-state index >= 15 is 0 Å². The van der Waals surface area contributed by atoms with Crippen LogP contribution in [-0.2, 0) is 0 Å². The molecule has 8 heavy (non-hydrogen) atoms. The molecule has 0 radical (unpaired) electrons. The van der Waals surface area contributed by atoms with Gasteiger partial charge in [-0.15, -0.1) is 0 Å². The Kier molecular flexibility index (Phi) is 7.83. The molecule has 1 N–H and O–H groups in total. The molecule has 0 aromatic heterocycles. The molecule has 2 heteroatoms. The first-order chi connectivity index (χ1) is 3.91. The molecular weight excluding hydrogens is 215 g/mol. The van der Waals surface area contributed by atoms with Crippen LogP contribution >= 0.6 is 22.6 Å². The zero-order valence-electron chi connectivity index (χ0n) is 4.81. The van der Waals surface area contributed by atoms with Gasteiger partial charge in [0.1, 0.15) is 0 Å². The largest absolute Gasteiger partial charge is 0.396 e. The molecule has 0 aliphatic heterocycles. The fourth-order valence-corrected chi connectivity index (χ4v) is 0.797. The number of hydrogen-bond acceptors (Lipinski definition) is 1. The Morgan fingerprint density at radius 1 is 1.38 bits per heavy atom. The van der Waals surface area contributed by atoms with Crippen molar-refractivity contribution in [3.63, 3.8) is 0 Å². The number of allylic oxidation sites excluding steroid dienone is 1. The number of hydrogen-bond donors (Lipinski definition) is 1. The number of unbranched alkanes of at least 4 members (excludes halogenated alkanes) is 2. The average Bonchev–Trinajstić information content (AvgIpc) is 1.81. The standard InChI is InChI=1S/C6H11IO/c7-5-3-1-2-4-6-8/h3,5,8H,1-2,4,6H2. The van der Waals surface area contributed by atoms with Gasteiger partial charge in [-0.05, 0) is 23.3 Å². The topological polar surface area (TPSA) is 20.2 Å². The zero-order valence-corrected chi connectivity index (χ0v) is 6.97. The molecule has 0 fully saturated rings. The number of halogens is 1. The Morgan fingerprint density at radius 3 is 2.62 bits per heavy atom. The molecule has 0 aliphatic rings. The van der Waals surface area contributed by atoms with Crippen molar-refractivity contribution in [2.75, 3.05) is 6.61 Å². The second-order valence-corrected chi connectivity index (χ2v) is 2.30. The molecule has 0 bridgehead atoms. The molecule has 0 amide bonds. The third-order valence-electron chi connectivity index (χ3n) is 0.868. The van der Waals surface area contributed by atoms with Gasteiger partial charge >= 0.3 is 0 Å². The van der Waals surface area contributed by atoms with Crippen molar-refractivity contribution in [3.8, 4) is 0 Å². The Bertz CT molecular complexity index is 61.5. The quantitative estimate of drug-likeness (QED) is 0.574. The first-order valence-corrected chi connectivity index (χ1v) is 4.02. The maximum absolute atomic E-state index is 8.34. The van der Waals surface area contributed by atoms with E-state index < -0.39 is 0 Å². The number of aliphatic hydroxyl groups excluding tert-OH is 1. The molecule has 0 atom stereocenters. The molecule has 1 nitrogen and oxygen atoms in total. The highest BCUT2D eigenvalue weighted by atomic mass is 127. The highest BCUT2D eigenvalue weighted by Gasteiger charge is 1.79. The predicted molar refractivity (Wildman–Crippen MR) is 44.1 cm³/mol. The zero-order chi connectivity index (χ0) is 6.24. The van der Waals surface area contributed by atoms with Gasteiger partial charge in [-0.1, -0.05) is 28.7 Å². The summed E-state index contributed by atoms with van der Waals surface area (Å²) in [6.45, 7) is 0.328. The third kappa shape index (κ3) is 6.43. The molecule has 48 valence electrons. The van der Waals surface area contributed by atoms with Gasteiger partial charge in [-0.2, -0.15) is 0 Å². The monoisotopic (exact) mass is 226 g/mol. The second-order valence-electron chi connectivity index (χ2n) is 1.58. The summed E-state index contributed by atoms with van der Waals surface area (Å²) in [5.74, 6) is 0. The van der Waals surface area contributed by atoms with Crippen molar-refractivity contribution in [2.24, 2.45) is 0 Å². The summed E-state index contributed by atoms with van der Waals surface area (Å²) in [6.07, 6.45) is 5.25. The van der Waals surface area contributed by atoms with Crippen LogP contribution in [0.1, 0.15) is 19.3 Å². The van der Waals surface area contributed by atoms with Gasteiger partial charge in [0.05, 0.1) is 0 Å². The molecule has 0 heterocycles. The predicted octanol–water partition coefficient (Wildman–Crippen LogP) is 2.10. The highest BCUT2D eigenvalue weighted by Crippen LogP contribution is 1.96. The molecule has 0 saturated heterocycles. The summed E-state index contributed by atoms with van der Waals surface area (Å²) in [6, 6.07) is 0. The molecule has 0 aliphatic carbocycles. The van der Waals surface area contributed by atoms with Crippen LogP contribution in [0.5, 0.6) is 0 Å². The SMILES string of the molecule is OCCCCC=CI. The van der Waals surface area contributed by atoms with E-state index in [0.29, 0.717) is 6.61 Å². The van der Waals surface area contributed by atoms with Crippen LogP contribution in [0.4, 0.5) is 0 Å². The van der Waals surface area contributed by atoms with Gasteiger partial charge in [0.25, 0.3) is 0 Å². The van der Waals surface area contributed by atoms with Crippen LogP contribution in [0.25, 0.3) is 0 Å². The summed E-state index contributed by atoms with van der Waals surface area (Å²) < 4.78 is 2.01. The van der Waals surface area contributed by atoms with Gasteiger partial charge in [0.2, 0.25) is 0 Å². The minimum absolute atomic E-state index is 0.328. The summed E-state index contributed by atoms with van der Waals surface area (Å²) in [5, 5.41) is 8.34. The average molecular weight is 226 g/mol. The van der Waals surface area contributed by atoms with Crippen molar-refractivity contribution in [2.45, 2.75) is 19.3 Å². The van der Waals surface area contributed by atoms with Gasteiger partial charge in [-0.3, -0.25) is 0 Å². The summed E-state index contributed by atoms with van der Waals surface area (Å²) in [7, 11) is 0. The van der Waals surface area contributed by atoms with Crippen LogP contribution < -0.4 is 0 Å². The Hall–Kier alpha value is 0.430. The maximum atomic E-state index is 8.34. The van der Waals surface area contributed by atoms with Crippen LogP contribution in [0.15, 0.2) is 10.2 Å². The number of aliphatic hydroxyl groups is 1.